The topological polar surface area (TPSA) is 57.6 Å². The average Bonchev–Trinajstić information content (AvgIpc) is 2.35. The molecule has 1 aliphatic rings. The zero-order valence-corrected chi connectivity index (χ0v) is 7.47. The summed E-state index contributed by atoms with van der Waals surface area (Å²) >= 11 is 1.05. The van der Waals surface area contributed by atoms with E-state index in [1.165, 1.54) is 4.90 Å². The van der Waals surface area contributed by atoms with Gasteiger partial charge >= 0.3 is 0 Å². The van der Waals surface area contributed by atoms with Gasteiger partial charge in [0.25, 0.3) is 5.24 Å². The molecule has 0 aromatic carbocycles. The van der Waals surface area contributed by atoms with Crippen molar-refractivity contribution >= 4 is 22.9 Å². The fraction of sp³-hybridized carbons (Fsp3) is 0.714. The molecule has 0 radical (unpaired) electrons. The van der Waals surface area contributed by atoms with Gasteiger partial charge in [-0.05, 0) is 12.8 Å². The summed E-state index contributed by atoms with van der Waals surface area (Å²) in [5, 5.41) is 8.32. The molecule has 12 heavy (non-hydrogen) atoms. The number of thioether (sulfide) groups is 1. The quantitative estimate of drug-likeness (QED) is 0.652. The van der Waals surface area contributed by atoms with Crippen LogP contribution in [0.3, 0.4) is 0 Å². The van der Waals surface area contributed by atoms with Crippen LogP contribution >= 0.6 is 11.8 Å². The molecule has 0 aliphatic carbocycles. The summed E-state index contributed by atoms with van der Waals surface area (Å²) in [7, 11) is 0. The molecule has 5 heteroatoms. The van der Waals surface area contributed by atoms with Gasteiger partial charge in [-0.2, -0.15) is 0 Å². The van der Waals surface area contributed by atoms with E-state index in [9.17, 15) is 9.59 Å². The molecule has 0 saturated carbocycles. The first-order valence-electron chi connectivity index (χ1n) is 3.83. The molecule has 68 valence electrons. The van der Waals surface area contributed by atoms with Crippen molar-refractivity contribution in [3.8, 4) is 0 Å². The Balaban J connectivity index is 2.30. The van der Waals surface area contributed by atoms with E-state index in [1.807, 2.05) is 0 Å². The third kappa shape index (κ3) is 2.22. The Morgan fingerprint density at radius 3 is 2.67 bits per heavy atom. The second kappa shape index (κ2) is 4.47. The van der Waals surface area contributed by atoms with E-state index in [2.05, 4.69) is 0 Å². The highest BCUT2D eigenvalue weighted by atomic mass is 32.2. The van der Waals surface area contributed by atoms with E-state index in [0.717, 1.165) is 11.8 Å². The number of carbonyl (C=O) groups is 2. The minimum Gasteiger partial charge on any atom is -0.396 e. The van der Waals surface area contributed by atoms with Gasteiger partial charge in [-0.3, -0.25) is 14.5 Å². The lowest BCUT2D eigenvalue weighted by Gasteiger charge is -2.11. The van der Waals surface area contributed by atoms with Crippen LogP contribution in [0.1, 0.15) is 12.8 Å². The van der Waals surface area contributed by atoms with E-state index in [0.29, 0.717) is 19.4 Å². The standard InChI is InChI=1S/C7H11NO3S/c9-4-2-1-3-8-6(10)5-12-7(8)11/h9H,1-5H2. The van der Waals surface area contributed by atoms with Crippen molar-refractivity contribution in [1.29, 1.82) is 0 Å². The first-order valence-corrected chi connectivity index (χ1v) is 4.82. The Morgan fingerprint density at radius 2 is 2.17 bits per heavy atom. The fourth-order valence-electron chi connectivity index (χ4n) is 0.979. The molecule has 4 nitrogen and oxygen atoms in total. The van der Waals surface area contributed by atoms with Crippen molar-refractivity contribution in [2.24, 2.45) is 0 Å². The Kier molecular flexibility index (Phi) is 3.55. The van der Waals surface area contributed by atoms with Crippen molar-refractivity contribution in [2.75, 3.05) is 18.9 Å². The predicted octanol–water partition coefficient (Wildman–Crippen LogP) is 0.454. The Morgan fingerprint density at radius 1 is 1.42 bits per heavy atom. The van der Waals surface area contributed by atoms with Gasteiger partial charge in [0.15, 0.2) is 0 Å². The highest BCUT2D eigenvalue weighted by Crippen LogP contribution is 2.18. The van der Waals surface area contributed by atoms with Crippen LogP contribution in [0, 0.1) is 0 Å². The van der Waals surface area contributed by atoms with Gasteiger partial charge in [0, 0.05) is 13.2 Å². The van der Waals surface area contributed by atoms with Crippen LogP contribution < -0.4 is 0 Å². The number of imide groups is 1. The van der Waals surface area contributed by atoms with Crippen molar-refractivity contribution < 1.29 is 14.7 Å². The summed E-state index contributed by atoms with van der Waals surface area (Å²) in [4.78, 5) is 23.2. The van der Waals surface area contributed by atoms with Crippen LogP contribution in [-0.4, -0.2) is 40.1 Å². The van der Waals surface area contributed by atoms with E-state index in [-0.39, 0.29) is 23.5 Å². The summed E-state index contributed by atoms with van der Waals surface area (Å²) in [5.74, 6) is 0.167. The highest BCUT2D eigenvalue weighted by molar-refractivity contribution is 8.14. The number of aliphatic hydroxyl groups is 1. The van der Waals surface area contributed by atoms with Gasteiger partial charge in [-0.25, -0.2) is 0 Å². The lowest BCUT2D eigenvalue weighted by molar-refractivity contribution is -0.124. The molecule has 2 amide bonds. The van der Waals surface area contributed by atoms with E-state index in [1.54, 1.807) is 0 Å². The molecule has 0 aromatic heterocycles. The third-order valence-corrected chi connectivity index (χ3v) is 2.49. The largest absolute Gasteiger partial charge is 0.396 e. The summed E-state index contributed by atoms with van der Waals surface area (Å²) in [6, 6.07) is 0. The SMILES string of the molecule is O=C1CSC(=O)N1CCCCO. The lowest BCUT2D eigenvalue weighted by Crippen LogP contribution is -2.29. The maximum Gasteiger partial charge on any atom is 0.288 e. The van der Waals surface area contributed by atoms with Gasteiger partial charge in [-0.1, -0.05) is 11.8 Å². The molecule has 1 aliphatic heterocycles. The number of carbonyl (C=O) groups excluding carboxylic acids is 2. The van der Waals surface area contributed by atoms with E-state index < -0.39 is 0 Å². The first-order chi connectivity index (χ1) is 5.75. The monoisotopic (exact) mass is 189 g/mol. The molecular formula is C7H11NO3S. The maximum absolute atomic E-state index is 11.0. The number of hydrogen-bond acceptors (Lipinski definition) is 4. The van der Waals surface area contributed by atoms with Gasteiger partial charge < -0.3 is 5.11 Å². The first kappa shape index (κ1) is 9.54. The fourth-order valence-corrected chi connectivity index (χ4v) is 1.73. The third-order valence-electron chi connectivity index (χ3n) is 1.63. The number of unbranched alkanes of at least 4 members (excludes halogenated alkanes) is 1. The summed E-state index contributed by atoms with van der Waals surface area (Å²) in [6.07, 6.45) is 1.33. The highest BCUT2D eigenvalue weighted by Gasteiger charge is 2.28. The number of amides is 2. The number of nitrogens with zero attached hydrogens (tertiary/aromatic N) is 1. The van der Waals surface area contributed by atoms with E-state index in [4.69, 9.17) is 5.11 Å². The minimum atomic E-state index is -0.155. The Hall–Kier alpha value is -0.550. The summed E-state index contributed by atoms with van der Waals surface area (Å²) < 4.78 is 0. The van der Waals surface area contributed by atoms with Gasteiger partial charge in [0.05, 0.1) is 5.75 Å². The smallest absolute Gasteiger partial charge is 0.288 e. The number of hydrogen-bond donors (Lipinski definition) is 1. The molecule has 1 heterocycles. The second-order valence-electron chi connectivity index (χ2n) is 2.53. The zero-order valence-electron chi connectivity index (χ0n) is 6.65. The molecule has 1 saturated heterocycles. The number of aliphatic hydroxyl groups excluding tert-OH is 1. The second-order valence-corrected chi connectivity index (χ2v) is 3.46. The normalized spacial score (nSPS) is 17.6. The molecular weight excluding hydrogens is 178 g/mol. The van der Waals surface area contributed by atoms with Crippen LogP contribution in [0.15, 0.2) is 0 Å². The summed E-state index contributed by atoms with van der Waals surface area (Å²) in [6.45, 7) is 0.564. The lowest BCUT2D eigenvalue weighted by atomic mass is 10.3. The molecule has 0 aromatic rings. The van der Waals surface area contributed by atoms with Crippen LogP contribution in [0.5, 0.6) is 0 Å². The molecule has 1 fully saturated rings. The van der Waals surface area contributed by atoms with Crippen LogP contribution in [0.4, 0.5) is 4.79 Å². The van der Waals surface area contributed by atoms with Crippen molar-refractivity contribution in [1.82, 2.24) is 4.90 Å². The molecule has 0 bridgehead atoms. The molecule has 1 N–H and O–H groups in total. The molecule has 0 spiro atoms. The molecule has 0 unspecified atom stereocenters. The van der Waals surface area contributed by atoms with Crippen molar-refractivity contribution in [3.63, 3.8) is 0 Å². The molecule has 1 rings (SSSR count). The Bertz CT molecular complexity index is 179. The predicted molar refractivity (Wildman–Crippen MR) is 45.9 cm³/mol. The Labute approximate surface area is 74.9 Å². The summed E-state index contributed by atoms with van der Waals surface area (Å²) in [5.41, 5.74) is 0. The van der Waals surface area contributed by atoms with Gasteiger partial charge in [0.1, 0.15) is 0 Å². The van der Waals surface area contributed by atoms with Crippen molar-refractivity contribution in [3.05, 3.63) is 0 Å². The zero-order chi connectivity index (χ0) is 8.97. The van der Waals surface area contributed by atoms with Crippen LogP contribution in [-0.2, 0) is 4.79 Å². The minimum absolute atomic E-state index is 0.108. The van der Waals surface area contributed by atoms with Crippen LogP contribution in [0.25, 0.3) is 0 Å². The van der Waals surface area contributed by atoms with Crippen LogP contribution in [0.2, 0.25) is 0 Å². The molecule has 0 atom stereocenters. The number of rotatable bonds is 4. The van der Waals surface area contributed by atoms with Gasteiger partial charge in [-0.15, -0.1) is 0 Å². The average molecular weight is 189 g/mol. The van der Waals surface area contributed by atoms with Crippen molar-refractivity contribution in [2.45, 2.75) is 12.8 Å². The van der Waals surface area contributed by atoms with E-state index >= 15 is 0 Å². The maximum atomic E-state index is 11.0. The van der Waals surface area contributed by atoms with Gasteiger partial charge in [0.2, 0.25) is 5.91 Å².